The summed E-state index contributed by atoms with van der Waals surface area (Å²) in [5.74, 6) is 1.22. The average molecular weight is 351 g/mol. The lowest BCUT2D eigenvalue weighted by atomic mass is 10.1. The number of anilines is 1. The molecule has 0 bridgehead atoms. The summed E-state index contributed by atoms with van der Waals surface area (Å²) in [6.07, 6.45) is 5.15. The Morgan fingerprint density at radius 3 is 2.65 bits per heavy atom. The van der Waals surface area contributed by atoms with Crippen molar-refractivity contribution in [1.29, 1.82) is 0 Å². The smallest absolute Gasteiger partial charge is 0.238 e. The molecule has 0 spiro atoms. The standard InChI is InChI=1S/C17H19ClN2O2S/c18-11-5-6-13-12(7-11)19-17(22)14(23-13)8-15(21)20-16(9-1-2-9)10-3-4-10/h5-7,9-10,14,16H,1-4,8H2,(H,19,22)(H,20,21). The molecular weight excluding hydrogens is 332 g/mol. The molecule has 6 heteroatoms. The number of thioether (sulfide) groups is 1. The van der Waals surface area contributed by atoms with E-state index in [2.05, 4.69) is 10.6 Å². The highest BCUT2D eigenvalue weighted by atomic mass is 35.5. The molecule has 4 nitrogen and oxygen atoms in total. The third-order valence-electron chi connectivity index (χ3n) is 4.72. The molecule has 23 heavy (non-hydrogen) atoms. The minimum atomic E-state index is -0.372. The highest BCUT2D eigenvalue weighted by Gasteiger charge is 2.42. The van der Waals surface area contributed by atoms with E-state index in [1.807, 2.05) is 6.07 Å². The molecule has 2 saturated carbocycles. The van der Waals surface area contributed by atoms with Crippen LogP contribution in [-0.2, 0) is 9.59 Å². The van der Waals surface area contributed by atoms with Crippen LogP contribution in [0.1, 0.15) is 32.1 Å². The quantitative estimate of drug-likeness (QED) is 0.855. The van der Waals surface area contributed by atoms with Crippen molar-refractivity contribution in [2.45, 2.75) is 48.3 Å². The van der Waals surface area contributed by atoms with Gasteiger partial charge in [0.15, 0.2) is 0 Å². The monoisotopic (exact) mass is 350 g/mol. The Bertz CT molecular complexity index is 646. The molecule has 0 radical (unpaired) electrons. The third kappa shape index (κ3) is 3.50. The molecule has 1 unspecified atom stereocenters. The average Bonchev–Trinajstić information content (AvgIpc) is 3.37. The number of amides is 2. The van der Waals surface area contributed by atoms with Crippen LogP contribution in [0.5, 0.6) is 0 Å². The Morgan fingerprint density at radius 2 is 2.00 bits per heavy atom. The first-order valence-corrected chi connectivity index (χ1v) is 9.42. The maximum atomic E-state index is 12.4. The number of nitrogens with one attached hydrogen (secondary N) is 2. The first-order valence-electron chi connectivity index (χ1n) is 8.16. The van der Waals surface area contributed by atoms with Gasteiger partial charge in [0.2, 0.25) is 11.8 Å². The van der Waals surface area contributed by atoms with Crippen molar-refractivity contribution in [2.24, 2.45) is 11.8 Å². The molecule has 2 aliphatic carbocycles. The van der Waals surface area contributed by atoms with Crippen molar-refractivity contribution in [3.63, 3.8) is 0 Å². The predicted molar refractivity (Wildman–Crippen MR) is 91.7 cm³/mol. The highest BCUT2D eigenvalue weighted by Crippen LogP contribution is 2.44. The SMILES string of the molecule is O=C(CC1Sc2ccc(Cl)cc2NC1=O)NC(C1CC1)C1CC1. The Morgan fingerprint density at radius 1 is 1.30 bits per heavy atom. The lowest BCUT2D eigenvalue weighted by Gasteiger charge is -2.25. The fourth-order valence-corrected chi connectivity index (χ4v) is 4.46. The normalized spacial score (nSPS) is 23.4. The van der Waals surface area contributed by atoms with E-state index in [-0.39, 0.29) is 23.5 Å². The number of fused-ring (bicyclic) bond motifs is 1. The molecule has 1 atom stereocenters. The van der Waals surface area contributed by atoms with Crippen molar-refractivity contribution in [3.8, 4) is 0 Å². The number of hydrogen-bond donors (Lipinski definition) is 2. The van der Waals surface area contributed by atoms with Gasteiger partial charge in [0, 0.05) is 22.4 Å². The topological polar surface area (TPSA) is 58.2 Å². The fraction of sp³-hybridized carbons (Fsp3) is 0.529. The maximum absolute atomic E-state index is 12.4. The second-order valence-corrected chi connectivity index (χ2v) is 8.39. The van der Waals surface area contributed by atoms with Crippen LogP contribution in [0.3, 0.4) is 0 Å². The van der Waals surface area contributed by atoms with Crippen LogP contribution in [0, 0.1) is 11.8 Å². The van der Waals surface area contributed by atoms with E-state index in [4.69, 9.17) is 11.6 Å². The minimum absolute atomic E-state index is 0.00105. The van der Waals surface area contributed by atoms with Gasteiger partial charge in [0.25, 0.3) is 0 Å². The molecule has 2 N–H and O–H groups in total. The Kier molecular flexibility index (Phi) is 4.01. The summed E-state index contributed by atoms with van der Waals surface area (Å²) in [4.78, 5) is 25.6. The van der Waals surface area contributed by atoms with Crippen LogP contribution in [0.25, 0.3) is 0 Å². The number of hydrogen-bond acceptors (Lipinski definition) is 3. The number of benzene rings is 1. The zero-order chi connectivity index (χ0) is 16.0. The van der Waals surface area contributed by atoms with Crippen molar-refractivity contribution in [3.05, 3.63) is 23.2 Å². The fourth-order valence-electron chi connectivity index (χ4n) is 3.20. The van der Waals surface area contributed by atoms with Gasteiger partial charge in [0.1, 0.15) is 0 Å². The van der Waals surface area contributed by atoms with Crippen molar-refractivity contribution < 1.29 is 9.59 Å². The summed E-state index contributed by atoms with van der Waals surface area (Å²) in [5.41, 5.74) is 0.734. The van der Waals surface area contributed by atoms with Gasteiger partial charge in [-0.25, -0.2) is 0 Å². The second-order valence-electron chi connectivity index (χ2n) is 6.71. The lowest BCUT2D eigenvalue weighted by Crippen LogP contribution is -2.41. The first-order chi connectivity index (χ1) is 11.1. The highest BCUT2D eigenvalue weighted by molar-refractivity contribution is 8.01. The lowest BCUT2D eigenvalue weighted by molar-refractivity contribution is -0.124. The van der Waals surface area contributed by atoms with E-state index in [1.165, 1.54) is 37.4 Å². The van der Waals surface area contributed by atoms with Gasteiger partial charge in [-0.1, -0.05) is 11.6 Å². The zero-order valence-corrected chi connectivity index (χ0v) is 14.3. The van der Waals surface area contributed by atoms with Crippen molar-refractivity contribution in [2.75, 3.05) is 5.32 Å². The van der Waals surface area contributed by atoms with Crippen LogP contribution in [0.2, 0.25) is 5.02 Å². The summed E-state index contributed by atoms with van der Waals surface area (Å²) in [6, 6.07) is 5.78. The van der Waals surface area contributed by atoms with Crippen LogP contribution >= 0.6 is 23.4 Å². The van der Waals surface area contributed by atoms with Crippen molar-refractivity contribution >= 4 is 40.9 Å². The predicted octanol–water partition coefficient (Wildman–Crippen LogP) is 3.45. The van der Waals surface area contributed by atoms with Crippen molar-refractivity contribution in [1.82, 2.24) is 5.32 Å². The maximum Gasteiger partial charge on any atom is 0.238 e. The molecule has 1 aromatic rings. The molecule has 122 valence electrons. The van der Waals surface area contributed by atoms with Gasteiger partial charge in [0.05, 0.1) is 10.9 Å². The van der Waals surface area contributed by atoms with Crippen LogP contribution in [-0.4, -0.2) is 23.1 Å². The molecule has 3 aliphatic rings. The largest absolute Gasteiger partial charge is 0.353 e. The number of carbonyl (C=O) groups is 2. The van der Waals surface area contributed by atoms with Crippen LogP contribution < -0.4 is 10.6 Å². The van der Waals surface area contributed by atoms with E-state index < -0.39 is 0 Å². The summed E-state index contributed by atoms with van der Waals surface area (Å²) >= 11 is 7.39. The van der Waals surface area contributed by atoms with E-state index in [0.717, 1.165) is 10.6 Å². The van der Waals surface area contributed by atoms with Gasteiger partial charge in [-0.15, -0.1) is 11.8 Å². The van der Waals surface area contributed by atoms with Gasteiger partial charge in [-0.2, -0.15) is 0 Å². The number of halogens is 1. The van der Waals surface area contributed by atoms with Gasteiger partial charge >= 0.3 is 0 Å². The van der Waals surface area contributed by atoms with Crippen LogP contribution in [0.4, 0.5) is 5.69 Å². The molecule has 1 aliphatic heterocycles. The van der Waals surface area contributed by atoms with Gasteiger partial charge in [-0.05, 0) is 55.7 Å². The summed E-state index contributed by atoms with van der Waals surface area (Å²) in [6.45, 7) is 0. The van der Waals surface area contributed by atoms with E-state index in [0.29, 0.717) is 22.9 Å². The Hall–Kier alpha value is -1.20. The number of carbonyl (C=O) groups excluding carboxylic acids is 2. The zero-order valence-electron chi connectivity index (χ0n) is 12.7. The molecular formula is C17H19ClN2O2S. The molecule has 1 heterocycles. The van der Waals surface area contributed by atoms with Crippen LogP contribution in [0.15, 0.2) is 23.1 Å². The van der Waals surface area contributed by atoms with E-state index in [1.54, 1.807) is 12.1 Å². The Labute approximate surface area is 144 Å². The summed E-state index contributed by atoms with van der Waals surface area (Å²) < 4.78 is 0. The van der Waals surface area contributed by atoms with E-state index >= 15 is 0 Å². The third-order valence-corrected chi connectivity index (χ3v) is 6.23. The molecule has 1 aromatic carbocycles. The molecule has 0 aromatic heterocycles. The molecule has 2 amide bonds. The van der Waals surface area contributed by atoms with E-state index in [9.17, 15) is 9.59 Å². The minimum Gasteiger partial charge on any atom is -0.353 e. The Balaban J connectivity index is 1.39. The molecule has 4 rings (SSSR count). The second kappa shape index (κ2) is 6.02. The molecule has 2 fully saturated rings. The molecule has 0 saturated heterocycles. The first kappa shape index (κ1) is 15.3. The summed E-state index contributed by atoms with van der Waals surface area (Å²) in [5, 5.41) is 6.27. The van der Waals surface area contributed by atoms with Gasteiger partial charge in [-0.3, -0.25) is 9.59 Å². The van der Waals surface area contributed by atoms with Gasteiger partial charge < -0.3 is 10.6 Å². The number of rotatable bonds is 5. The summed E-state index contributed by atoms with van der Waals surface area (Å²) in [7, 11) is 0.